The minimum absolute atomic E-state index is 0.0925. The van der Waals surface area contributed by atoms with Gasteiger partial charge in [-0.15, -0.1) is 0 Å². The lowest BCUT2D eigenvalue weighted by atomic mass is 10.1. The molecule has 0 radical (unpaired) electrons. The molecule has 0 saturated carbocycles. The number of aryl methyl sites for hydroxylation is 1. The first kappa shape index (κ1) is 20.0. The molecule has 0 spiro atoms. The highest BCUT2D eigenvalue weighted by atomic mass is 35.5. The van der Waals surface area contributed by atoms with Crippen molar-refractivity contribution in [2.75, 3.05) is 0 Å². The number of thiazole rings is 1. The number of rotatable bonds is 5. The Bertz CT molecular complexity index is 1280. The summed E-state index contributed by atoms with van der Waals surface area (Å²) in [6.45, 7) is 2.08. The number of amides is 1. The van der Waals surface area contributed by atoms with E-state index in [-0.39, 0.29) is 28.6 Å². The minimum Gasteiger partial charge on any atom is -0.347 e. The number of nitrogens with one attached hydrogen (secondary N) is 1. The maximum absolute atomic E-state index is 13.1. The summed E-state index contributed by atoms with van der Waals surface area (Å²) in [5.74, 6) is -0.893. The third-order valence-electron chi connectivity index (χ3n) is 4.60. The monoisotopic (exact) mass is 444 g/mol. The van der Waals surface area contributed by atoms with Gasteiger partial charge in [0.15, 0.2) is 4.96 Å². The van der Waals surface area contributed by atoms with Crippen LogP contribution in [0.25, 0.3) is 16.2 Å². The summed E-state index contributed by atoms with van der Waals surface area (Å²) in [5, 5.41) is 14.1. The van der Waals surface area contributed by atoms with Gasteiger partial charge in [0.25, 0.3) is 11.6 Å². The van der Waals surface area contributed by atoms with Gasteiger partial charge in [-0.2, -0.15) is 0 Å². The number of carbonyl (C=O) groups is 1. The first-order valence-corrected chi connectivity index (χ1v) is 9.98. The Morgan fingerprint density at radius 1 is 1.30 bits per heavy atom. The molecule has 0 unspecified atom stereocenters. The highest BCUT2D eigenvalue weighted by Crippen LogP contribution is 2.28. The maximum Gasteiger partial charge on any atom is 0.282 e. The number of imidazole rings is 1. The van der Waals surface area contributed by atoms with E-state index in [0.29, 0.717) is 0 Å². The summed E-state index contributed by atoms with van der Waals surface area (Å²) in [5.41, 5.74) is 2.00. The average molecular weight is 445 g/mol. The number of nitro benzene ring substituents is 1. The Kier molecular flexibility index (Phi) is 5.23. The van der Waals surface area contributed by atoms with Crippen LogP contribution in [0.4, 0.5) is 10.1 Å². The Labute approximate surface area is 178 Å². The number of carbonyl (C=O) groups excluding carboxylic acids is 1. The van der Waals surface area contributed by atoms with Gasteiger partial charge in [0.05, 0.1) is 17.2 Å². The zero-order valence-electron chi connectivity index (χ0n) is 15.6. The Morgan fingerprint density at radius 3 is 2.70 bits per heavy atom. The van der Waals surface area contributed by atoms with Crippen LogP contribution >= 0.6 is 22.9 Å². The number of benzene rings is 2. The quantitative estimate of drug-likeness (QED) is 0.346. The zero-order chi connectivity index (χ0) is 21.4. The fourth-order valence-corrected chi connectivity index (χ4v) is 4.24. The van der Waals surface area contributed by atoms with Gasteiger partial charge in [0.1, 0.15) is 11.4 Å². The molecule has 0 saturated heterocycles. The molecule has 0 aliphatic carbocycles. The van der Waals surface area contributed by atoms with Crippen molar-refractivity contribution in [1.29, 1.82) is 0 Å². The summed E-state index contributed by atoms with van der Waals surface area (Å²) in [6, 6.07) is 9.94. The molecule has 7 nitrogen and oxygen atoms in total. The molecule has 152 valence electrons. The highest BCUT2D eigenvalue weighted by molar-refractivity contribution is 7.17. The molecule has 30 heavy (non-hydrogen) atoms. The third kappa shape index (κ3) is 3.77. The molecule has 1 amide bonds. The molecule has 0 aliphatic heterocycles. The lowest BCUT2D eigenvalue weighted by Crippen LogP contribution is -2.23. The Hall–Kier alpha value is -3.30. The van der Waals surface area contributed by atoms with Crippen LogP contribution in [0.15, 0.2) is 48.7 Å². The van der Waals surface area contributed by atoms with Gasteiger partial charge < -0.3 is 5.32 Å². The number of hydrogen-bond donors (Lipinski definition) is 1. The van der Waals surface area contributed by atoms with E-state index in [0.717, 1.165) is 26.8 Å². The van der Waals surface area contributed by atoms with Crippen LogP contribution in [-0.4, -0.2) is 20.2 Å². The number of halogens is 2. The SMILES string of the molecule is Cc1c(CNC(=O)c2cc(Cl)ccc2[N+](=O)[O-])sc2nc(-c3ccc(F)cc3)cn12. The molecule has 10 heteroatoms. The molecule has 0 bridgehead atoms. The van der Waals surface area contributed by atoms with Crippen LogP contribution in [0.5, 0.6) is 0 Å². The fourth-order valence-electron chi connectivity index (χ4n) is 3.02. The first-order valence-electron chi connectivity index (χ1n) is 8.79. The molecule has 0 aliphatic rings. The van der Waals surface area contributed by atoms with Crippen molar-refractivity contribution in [2.24, 2.45) is 0 Å². The van der Waals surface area contributed by atoms with Gasteiger partial charge in [-0.25, -0.2) is 9.37 Å². The van der Waals surface area contributed by atoms with E-state index < -0.39 is 10.8 Å². The molecule has 1 N–H and O–H groups in total. The Morgan fingerprint density at radius 2 is 2.03 bits per heavy atom. The number of fused-ring (bicyclic) bond motifs is 1. The second kappa shape index (κ2) is 7.85. The van der Waals surface area contributed by atoms with E-state index in [1.54, 1.807) is 12.1 Å². The van der Waals surface area contributed by atoms with E-state index in [2.05, 4.69) is 10.3 Å². The molecule has 4 rings (SSSR count). The van der Waals surface area contributed by atoms with Crippen LogP contribution in [0.2, 0.25) is 5.02 Å². The number of nitro groups is 1. The average Bonchev–Trinajstić information content (AvgIpc) is 3.25. The van der Waals surface area contributed by atoms with E-state index in [1.807, 2.05) is 17.5 Å². The van der Waals surface area contributed by atoms with Crippen molar-refractivity contribution in [3.8, 4) is 11.3 Å². The minimum atomic E-state index is -0.618. The van der Waals surface area contributed by atoms with Gasteiger partial charge in [0, 0.05) is 33.4 Å². The topological polar surface area (TPSA) is 89.5 Å². The van der Waals surface area contributed by atoms with Crippen LogP contribution in [0.1, 0.15) is 20.9 Å². The number of nitrogens with zero attached hydrogens (tertiary/aromatic N) is 3. The third-order valence-corrected chi connectivity index (χ3v) is 5.99. The maximum atomic E-state index is 13.1. The van der Waals surface area contributed by atoms with Gasteiger partial charge in [-0.3, -0.25) is 19.3 Å². The van der Waals surface area contributed by atoms with Gasteiger partial charge in [-0.05, 0) is 43.3 Å². The normalized spacial score (nSPS) is 11.0. The van der Waals surface area contributed by atoms with Crippen molar-refractivity contribution in [2.45, 2.75) is 13.5 Å². The molecule has 2 aromatic carbocycles. The molecular weight excluding hydrogens is 431 g/mol. The van der Waals surface area contributed by atoms with Crippen molar-refractivity contribution in [3.05, 3.63) is 85.8 Å². The first-order chi connectivity index (χ1) is 14.3. The highest BCUT2D eigenvalue weighted by Gasteiger charge is 2.21. The molecular formula is C20H14ClFN4O3S. The summed E-state index contributed by atoms with van der Waals surface area (Å²) < 4.78 is 15.0. The zero-order valence-corrected chi connectivity index (χ0v) is 17.1. The van der Waals surface area contributed by atoms with Crippen molar-refractivity contribution >= 4 is 39.5 Å². The van der Waals surface area contributed by atoms with Crippen LogP contribution in [-0.2, 0) is 6.54 Å². The summed E-state index contributed by atoms with van der Waals surface area (Å²) in [7, 11) is 0. The molecule has 0 fully saturated rings. The van der Waals surface area contributed by atoms with E-state index >= 15 is 0 Å². The second-order valence-electron chi connectivity index (χ2n) is 6.50. The standard InChI is InChI=1S/C20H14ClFN4O3S/c1-11-18(9-23-19(27)15-8-13(21)4-7-17(15)26(28)29)30-20-24-16(10-25(11)20)12-2-5-14(22)6-3-12/h2-8,10H,9H2,1H3,(H,23,27). The molecule has 2 aromatic heterocycles. The lowest BCUT2D eigenvalue weighted by molar-refractivity contribution is -0.385. The molecule has 4 aromatic rings. The van der Waals surface area contributed by atoms with Crippen molar-refractivity contribution < 1.29 is 14.1 Å². The van der Waals surface area contributed by atoms with Crippen LogP contribution in [0, 0.1) is 22.9 Å². The largest absolute Gasteiger partial charge is 0.347 e. The predicted octanol–water partition coefficient (Wildman–Crippen LogP) is 5.00. The smallest absolute Gasteiger partial charge is 0.282 e. The number of aromatic nitrogens is 2. The molecule has 0 atom stereocenters. The lowest BCUT2D eigenvalue weighted by Gasteiger charge is -2.06. The van der Waals surface area contributed by atoms with Gasteiger partial charge >= 0.3 is 0 Å². The molecule has 2 heterocycles. The van der Waals surface area contributed by atoms with E-state index in [4.69, 9.17) is 11.6 Å². The van der Waals surface area contributed by atoms with Crippen molar-refractivity contribution in [3.63, 3.8) is 0 Å². The van der Waals surface area contributed by atoms with E-state index in [1.165, 1.54) is 41.7 Å². The van der Waals surface area contributed by atoms with Crippen molar-refractivity contribution in [1.82, 2.24) is 14.7 Å². The Balaban J connectivity index is 1.55. The van der Waals surface area contributed by atoms with Gasteiger partial charge in [-0.1, -0.05) is 22.9 Å². The predicted molar refractivity (Wildman–Crippen MR) is 112 cm³/mol. The summed E-state index contributed by atoms with van der Waals surface area (Å²) >= 11 is 7.28. The summed E-state index contributed by atoms with van der Waals surface area (Å²) in [4.78, 5) is 29.2. The summed E-state index contributed by atoms with van der Waals surface area (Å²) in [6.07, 6.45) is 1.85. The van der Waals surface area contributed by atoms with Crippen LogP contribution in [0.3, 0.4) is 0 Å². The van der Waals surface area contributed by atoms with Crippen LogP contribution < -0.4 is 5.32 Å². The number of hydrogen-bond acceptors (Lipinski definition) is 5. The van der Waals surface area contributed by atoms with E-state index in [9.17, 15) is 19.3 Å². The fraction of sp³-hybridized carbons (Fsp3) is 0.100. The van der Waals surface area contributed by atoms with Gasteiger partial charge in [0.2, 0.25) is 0 Å². The second-order valence-corrected chi connectivity index (χ2v) is 8.00.